The third-order valence-electron chi connectivity index (χ3n) is 3.74. The highest BCUT2D eigenvalue weighted by molar-refractivity contribution is 7.89. The fourth-order valence-corrected chi connectivity index (χ4v) is 3.06. The van der Waals surface area contributed by atoms with Crippen molar-refractivity contribution in [3.8, 4) is 0 Å². The van der Waals surface area contributed by atoms with Crippen LogP contribution in [0.3, 0.4) is 0 Å². The van der Waals surface area contributed by atoms with Gasteiger partial charge in [0.2, 0.25) is 10.0 Å². The van der Waals surface area contributed by atoms with Crippen LogP contribution in [0.4, 0.5) is 5.69 Å². The molecular weight excluding hydrogens is 260 g/mol. The van der Waals surface area contributed by atoms with Crippen LogP contribution in [0, 0.1) is 5.92 Å². The molecule has 4 nitrogen and oxygen atoms in total. The van der Waals surface area contributed by atoms with Crippen molar-refractivity contribution in [2.24, 2.45) is 5.92 Å². The molecule has 0 heterocycles. The minimum atomic E-state index is -3.32. The first-order chi connectivity index (χ1) is 9.00. The molecule has 0 atom stereocenters. The highest BCUT2D eigenvalue weighted by Crippen LogP contribution is 2.29. The Bertz CT molecular complexity index is 505. The summed E-state index contributed by atoms with van der Waals surface area (Å²) in [5.41, 5.74) is 0.983. The van der Waals surface area contributed by atoms with Crippen molar-refractivity contribution in [3.63, 3.8) is 0 Å². The summed E-state index contributed by atoms with van der Waals surface area (Å²) in [6.45, 7) is 0.963. The zero-order chi connectivity index (χ0) is 13.9. The van der Waals surface area contributed by atoms with Gasteiger partial charge in [0.1, 0.15) is 0 Å². The molecule has 1 saturated carbocycles. The Morgan fingerprint density at radius 3 is 2.32 bits per heavy atom. The first kappa shape index (κ1) is 14.3. The Balaban J connectivity index is 1.90. The normalized spacial score (nSPS) is 16.4. The van der Waals surface area contributed by atoms with Crippen LogP contribution in [-0.4, -0.2) is 33.4 Å². The van der Waals surface area contributed by atoms with Crippen molar-refractivity contribution in [1.29, 1.82) is 0 Å². The van der Waals surface area contributed by atoms with Gasteiger partial charge in [-0.3, -0.25) is 0 Å². The molecule has 0 aromatic heterocycles. The molecule has 5 heteroatoms. The van der Waals surface area contributed by atoms with E-state index in [0.717, 1.165) is 18.2 Å². The van der Waals surface area contributed by atoms with Crippen LogP contribution in [-0.2, 0) is 10.0 Å². The maximum absolute atomic E-state index is 11.9. The number of hydrogen-bond acceptors (Lipinski definition) is 3. The van der Waals surface area contributed by atoms with Gasteiger partial charge in [0, 0.05) is 26.3 Å². The number of sulfonamides is 1. The first-order valence-electron chi connectivity index (χ1n) is 6.76. The average Bonchev–Trinajstić information content (AvgIpc) is 2.33. The van der Waals surface area contributed by atoms with Crippen molar-refractivity contribution in [2.75, 3.05) is 26.0 Å². The third kappa shape index (κ3) is 3.48. The SMILES string of the molecule is CN(C)S(=O)(=O)c1ccc(NCCC2CCC2)cc1. The van der Waals surface area contributed by atoms with E-state index < -0.39 is 10.0 Å². The van der Waals surface area contributed by atoms with Gasteiger partial charge < -0.3 is 5.32 Å². The van der Waals surface area contributed by atoms with Gasteiger partial charge in [0.15, 0.2) is 0 Å². The second kappa shape index (κ2) is 5.92. The summed E-state index contributed by atoms with van der Waals surface area (Å²) < 4.78 is 25.0. The van der Waals surface area contributed by atoms with E-state index in [0.29, 0.717) is 4.90 Å². The van der Waals surface area contributed by atoms with Gasteiger partial charge in [0.05, 0.1) is 4.90 Å². The zero-order valence-electron chi connectivity index (χ0n) is 11.6. The molecule has 1 fully saturated rings. The summed E-state index contributed by atoms with van der Waals surface area (Å²) in [5, 5.41) is 3.34. The quantitative estimate of drug-likeness (QED) is 0.872. The minimum absolute atomic E-state index is 0.335. The van der Waals surface area contributed by atoms with E-state index in [1.165, 1.54) is 30.0 Å². The lowest BCUT2D eigenvalue weighted by molar-refractivity contribution is 0.303. The van der Waals surface area contributed by atoms with Gasteiger partial charge in [-0.25, -0.2) is 12.7 Å². The molecule has 0 spiro atoms. The molecule has 0 bridgehead atoms. The molecule has 19 heavy (non-hydrogen) atoms. The smallest absolute Gasteiger partial charge is 0.242 e. The Morgan fingerprint density at radius 1 is 1.21 bits per heavy atom. The Hall–Kier alpha value is -1.07. The standard InChI is InChI=1S/C14H22N2O2S/c1-16(2)19(17,18)14-8-6-13(7-9-14)15-11-10-12-4-3-5-12/h6-9,12,15H,3-5,10-11H2,1-2H3. The van der Waals surface area contributed by atoms with Gasteiger partial charge in [0.25, 0.3) is 0 Å². The van der Waals surface area contributed by atoms with E-state index >= 15 is 0 Å². The number of hydrogen-bond donors (Lipinski definition) is 1. The summed E-state index contributed by atoms with van der Waals surface area (Å²) in [6.07, 6.45) is 5.31. The molecule has 0 unspecified atom stereocenters. The molecule has 1 aromatic rings. The van der Waals surface area contributed by atoms with Crippen molar-refractivity contribution in [3.05, 3.63) is 24.3 Å². The molecule has 0 amide bonds. The average molecular weight is 282 g/mol. The topological polar surface area (TPSA) is 49.4 Å². The van der Waals surface area contributed by atoms with Gasteiger partial charge >= 0.3 is 0 Å². The van der Waals surface area contributed by atoms with Crippen LogP contribution in [0.15, 0.2) is 29.2 Å². The molecule has 0 saturated heterocycles. The van der Waals surface area contributed by atoms with Crippen molar-refractivity contribution in [2.45, 2.75) is 30.6 Å². The summed E-state index contributed by atoms with van der Waals surface area (Å²) in [7, 11) is -0.233. The molecule has 1 aliphatic carbocycles. The van der Waals surface area contributed by atoms with Gasteiger partial charge in [-0.05, 0) is 36.6 Å². The Morgan fingerprint density at radius 2 is 1.84 bits per heavy atom. The molecule has 0 aliphatic heterocycles. The summed E-state index contributed by atoms with van der Waals surface area (Å²) >= 11 is 0. The molecule has 1 N–H and O–H groups in total. The second-order valence-electron chi connectivity index (χ2n) is 5.32. The van der Waals surface area contributed by atoms with E-state index in [4.69, 9.17) is 0 Å². The van der Waals surface area contributed by atoms with E-state index in [9.17, 15) is 8.42 Å². The lowest BCUT2D eigenvalue weighted by Crippen LogP contribution is -2.22. The van der Waals surface area contributed by atoms with Gasteiger partial charge in [-0.1, -0.05) is 19.3 Å². The number of benzene rings is 1. The molecule has 0 radical (unpaired) electrons. The number of rotatable bonds is 6. The van der Waals surface area contributed by atoms with Crippen LogP contribution in [0.2, 0.25) is 0 Å². The highest BCUT2D eigenvalue weighted by Gasteiger charge is 2.17. The first-order valence-corrected chi connectivity index (χ1v) is 8.20. The van der Waals surface area contributed by atoms with Crippen LogP contribution in [0.25, 0.3) is 0 Å². The Kier molecular flexibility index (Phi) is 4.47. The van der Waals surface area contributed by atoms with Gasteiger partial charge in [-0.2, -0.15) is 0 Å². The maximum Gasteiger partial charge on any atom is 0.242 e. The van der Waals surface area contributed by atoms with Crippen molar-refractivity contribution in [1.82, 2.24) is 4.31 Å². The minimum Gasteiger partial charge on any atom is -0.385 e. The molecule has 106 valence electrons. The molecule has 1 aromatic carbocycles. The predicted molar refractivity (Wildman–Crippen MR) is 77.8 cm³/mol. The van der Waals surface area contributed by atoms with E-state index in [1.54, 1.807) is 26.2 Å². The zero-order valence-corrected chi connectivity index (χ0v) is 12.4. The molecule has 2 rings (SSSR count). The van der Waals surface area contributed by atoms with Crippen LogP contribution >= 0.6 is 0 Å². The Labute approximate surface area is 115 Å². The fourth-order valence-electron chi connectivity index (χ4n) is 2.16. The number of nitrogens with zero attached hydrogens (tertiary/aromatic N) is 1. The van der Waals surface area contributed by atoms with Crippen LogP contribution < -0.4 is 5.32 Å². The van der Waals surface area contributed by atoms with Crippen molar-refractivity contribution < 1.29 is 8.42 Å². The summed E-state index contributed by atoms with van der Waals surface area (Å²) in [6, 6.07) is 6.97. The number of nitrogens with one attached hydrogen (secondary N) is 1. The third-order valence-corrected chi connectivity index (χ3v) is 5.57. The summed E-state index contributed by atoms with van der Waals surface area (Å²) in [5.74, 6) is 0.890. The fraction of sp³-hybridized carbons (Fsp3) is 0.571. The monoisotopic (exact) mass is 282 g/mol. The largest absolute Gasteiger partial charge is 0.385 e. The lowest BCUT2D eigenvalue weighted by Gasteiger charge is -2.25. The van der Waals surface area contributed by atoms with E-state index in [1.807, 2.05) is 12.1 Å². The number of anilines is 1. The predicted octanol–water partition coefficient (Wildman–Crippen LogP) is 2.54. The van der Waals surface area contributed by atoms with Crippen molar-refractivity contribution >= 4 is 15.7 Å². The molecule has 1 aliphatic rings. The highest BCUT2D eigenvalue weighted by atomic mass is 32.2. The summed E-state index contributed by atoms with van der Waals surface area (Å²) in [4.78, 5) is 0.335. The van der Waals surface area contributed by atoms with Crippen LogP contribution in [0.1, 0.15) is 25.7 Å². The lowest BCUT2D eigenvalue weighted by atomic mass is 9.83. The van der Waals surface area contributed by atoms with Gasteiger partial charge in [-0.15, -0.1) is 0 Å². The second-order valence-corrected chi connectivity index (χ2v) is 7.48. The molecular formula is C14H22N2O2S. The van der Waals surface area contributed by atoms with Crippen LogP contribution in [0.5, 0.6) is 0 Å². The maximum atomic E-state index is 11.9. The van der Waals surface area contributed by atoms with E-state index in [-0.39, 0.29) is 0 Å². The van der Waals surface area contributed by atoms with E-state index in [2.05, 4.69) is 5.32 Å².